The van der Waals surface area contributed by atoms with Gasteiger partial charge in [0.15, 0.2) is 0 Å². The molecule has 0 saturated heterocycles. The molecule has 1 heterocycles. The van der Waals surface area contributed by atoms with Crippen LogP contribution in [0.1, 0.15) is 45.1 Å². The number of nitrogens with one attached hydrogen (secondary N) is 1. The Morgan fingerprint density at radius 3 is 2.48 bits per heavy atom. The molecule has 0 spiro atoms. The van der Waals surface area contributed by atoms with Crippen LogP contribution in [0.4, 0.5) is 11.4 Å². The van der Waals surface area contributed by atoms with E-state index in [1.54, 1.807) is 18.0 Å². The summed E-state index contributed by atoms with van der Waals surface area (Å²) in [6, 6.07) is 5.42. The Labute approximate surface area is 147 Å². The lowest BCUT2D eigenvalue weighted by Crippen LogP contribution is -2.36. The quantitative estimate of drug-likeness (QED) is 0.883. The molecular weight excluding hydrogens is 320 g/mol. The zero-order chi connectivity index (χ0) is 18.4. The van der Waals surface area contributed by atoms with Gasteiger partial charge in [-0.2, -0.15) is 0 Å². The average Bonchev–Trinajstić information content (AvgIpc) is 2.75. The van der Waals surface area contributed by atoms with E-state index in [0.29, 0.717) is 18.5 Å². The molecule has 1 aromatic carbocycles. The molecule has 0 radical (unpaired) electrons. The van der Waals surface area contributed by atoms with Gasteiger partial charge < -0.3 is 15.3 Å². The zero-order valence-electron chi connectivity index (χ0n) is 14.8. The number of carboxylic acids is 1. The Hall–Kier alpha value is -2.37. The van der Waals surface area contributed by atoms with Crippen molar-refractivity contribution in [2.45, 2.75) is 44.9 Å². The smallest absolute Gasteiger partial charge is 0.307 e. The topological polar surface area (TPSA) is 86.7 Å². The van der Waals surface area contributed by atoms with E-state index >= 15 is 0 Å². The van der Waals surface area contributed by atoms with Crippen LogP contribution in [0.2, 0.25) is 0 Å². The van der Waals surface area contributed by atoms with Gasteiger partial charge in [0.1, 0.15) is 0 Å². The van der Waals surface area contributed by atoms with E-state index in [1.807, 2.05) is 26.0 Å². The van der Waals surface area contributed by atoms with Crippen molar-refractivity contribution < 1.29 is 19.5 Å². The number of carbonyl (C=O) groups excluding carboxylic acids is 2. The summed E-state index contributed by atoms with van der Waals surface area (Å²) < 4.78 is 0. The van der Waals surface area contributed by atoms with E-state index in [0.717, 1.165) is 24.1 Å². The number of likely N-dealkylation sites (N-methyl/N-ethyl adjacent to an activating group) is 1. The maximum Gasteiger partial charge on any atom is 0.307 e. The van der Waals surface area contributed by atoms with Gasteiger partial charge in [-0.3, -0.25) is 14.4 Å². The Morgan fingerprint density at radius 2 is 1.84 bits per heavy atom. The molecule has 6 nitrogen and oxygen atoms in total. The van der Waals surface area contributed by atoms with Crippen LogP contribution in [0, 0.1) is 11.8 Å². The minimum absolute atomic E-state index is 0.0178. The average molecular weight is 344 g/mol. The lowest BCUT2D eigenvalue weighted by Gasteiger charge is -2.27. The lowest BCUT2D eigenvalue weighted by atomic mass is 9.78. The fourth-order valence-corrected chi connectivity index (χ4v) is 4.03. The van der Waals surface area contributed by atoms with Crippen molar-refractivity contribution in [3.05, 3.63) is 23.8 Å². The highest BCUT2D eigenvalue weighted by atomic mass is 16.4. The van der Waals surface area contributed by atoms with E-state index in [1.165, 1.54) is 0 Å². The fraction of sp³-hybridized carbons (Fsp3) is 0.526. The van der Waals surface area contributed by atoms with Crippen LogP contribution in [0.25, 0.3) is 0 Å². The van der Waals surface area contributed by atoms with Crippen molar-refractivity contribution in [3.63, 3.8) is 0 Å². The summed E-state index contributed by atoms with van der Waals surface area (Å²) in [6.07, 6.45) is 2.87. The molecule has 2 unspecified atom stereocenters. The minimum Gasteiger partial charge on any atom is -0.481 e. The molecule has 134 valence electrons. The van der Waals surface area contributed by atoms with Gasteiger partial charge in [-0.25, -0.2) is 0 Å². The SMILES string of the molecule is CN1C(=O)C(C)(C)c2cc(NC(=O)C3CCCCC3C(=O)O)ccc21. The van der Waals surface area contributed by atoms with Gasteiger partial charge in [0.25, 0.3) is 0 Å². The van der Waals surface area contributed by atoms with Crippen molar-refractivity contribution in [2.75, 3.05) is 17.3 Å². The summed E-state index contributed by atoms with van der Waals surface area (Å²) >= 11 is 0. The molecule has 1 aliphatic heterocycles. The third-order valence-electron chi connectivity index (χ3n) is 5.56. The third-order valence-corrected chi connectivity index (χ3v) is 5.56. The highest BCUT2D eigenvalue weighted by Crippen LogP contribution is 2.42. The molecule has 2 amide bonds. The van der Waals surface area contributed by atoms with E-state index in [2.05, 4.69) is 5.32 Å². The van der Waals surface area contributed by atoms with Gasteiger partial charge in [0.05, 0.1) is 17.3 Å². The molecule has 2 N–H and O–H groups in total. The van der Waals surface area contributed by atoms with Crippen molar-refractivity contribution in [1.29, 1.82) is 0 Å². The van der Waals surface area contributed by atoms with Gasteiger partial charge >= 0.3 is 5.97 Å². The van der Waals surface area contributed by atoms with Gasteiger partial charge in [-0.05, 0) is 50.5 Å². The second-order valence-corrected chi connectivity index (χ2v) is 7.55. The van der Waals surface area contributed by atoms with Crippen molar-refractivity contribution in [2.24, 2.45) is 11.8 Å². The molecule has 0 aromatic heterocycles. The first-order chi connectivity index (χ1) is 11.7. The molecular formula is C19H24N2O4. The van der Waals surface area contributed by atoms with Gasteiger partial charge in [-0.15, -0.1) is 0 Å². The number of aliphatic carboxylic acids is 1. The number of benzene rings is 1. The molecule has 25 heavy (non-hydrogen) atoms. The van der Waals surface area contributed by atoms with Gasteiger partial charge in [0.2, 0.25) is 11.8 Å². The first-order valence-corrected chi connectivity index (χ1v) is 8.70. The summed E-state index contributed by atoms with van der Waals surface area (Å²) in [6.45, 7) is 3.73. The zero-order valence-corrected chi connectivity index (χ0v) is 14.8. The van der Waals surface area contributed by atoms with Crippen LogP contribution in [0.3, 0.4) is 0 Å². The van der Waals surface area contributed by atoms with Crippen LogP contribution in [-0.2, 0) is 19.8 Å². The number of nitrogens with zero attached hydrogens (tertiary/aromatic N) is 1. The summed E-state index contributed by atoms with van der Waals surface area (Å²) in [4.78, 5) is 38.0. The number of rotatable bonds is 3. The number of carboxylic acid groups (broad SMARTS) is 1. The normalized spacial score (nSPS) is 24.8. The summed E-state index contributed by atoms with van der Waals surface area (Å²) in [5.74, 6) is -2.25. The van der Waals surface area contributed by atoms with Gasteiger partial charge in [-0.1, -0.05) is 12.8 Å². The Bertz CT molecular complexity index is 741. The third kappa shape index (κ3) is 2.90. The molecule has 1 aliphatic carbocycles. The standard InChI is InChI=1S/C19H24N2O4/c1-19(2)14-10-11(8-9-15(14)21(3)18(19)25)20-16(22)12-6-4-5-7-13(12)17(23)24/h8-10,12-13H,4-7H2,1-3H3,(H,20,22)(H,23,24). The van der Waals surface area contributed by atoms with E-state index in [9.17, 15) is 19.5 Å². The Kier molecular flexibility index (Phi) is 4.31. The number of anilines is 2. The van der Waals surface area contributed by atoms with Crippen LogP contribution in [0.15, 0.2) is 18.2 Å². The Balaban J connectivity index is 1.83. The fourth-order valence-electron chi connectivity index (χ4n) is 4.03. The summed E-state index contributed by atoms with van der Waals surface area (Å²) in [5.41, 5.74) is 1.68. The van der Waals surface area contributed by atoms with Crippen molar-refractivity contribution in [1.82, 2.24) is 0 Å². The second kappa shape index (κ2) is 6.17. The molecule has 1 fully saturated rings. The van der Waals surface area contributed by atoms with Crippen molar-refractivity contribution >= 4 is 29.2 Å². The van der Waals surface area contributed by atoms with Crippen molar-refractivity contribution in [3.8, 4) is 0 Å². The van der Waals surface area contributed by atoms with E-state index < -0.39 is 23.2 Å². The number of amides is 2. The number of hydrogen-bond acceptors (Lipinski definition) is 3. The molecule has 1 saturated carbocycles. The van der Waals surface area contributed by atoms with Gasteiger partial charge in [0, 0.05) is 18.4 Å². The molecule has 2 aliphatic rings. The predicted octanol–water partition coefficient (Wildman–Crippen LogP) is 2.77. The molecule has 2 atom stereocenters. The molecule has 6 heteroatoms. The maximum absolute atomic E-state index is 12.6. The summed E-state index contributed by atoms with van der Waals surface area (Å²) in [7, 11) is 1.74. The summed E-state index contributed by atoms with van der Waals surface area (Å²) in [5, 5.41) is 12.2. The van der Waals surface area contributed by atoms with Crippen LogP contribution >= 0.6 is 0 Å². The molecule has 1 aromatic rings. The van der Waals surface area contributed by atoms with Crippen LogP contribution in [-0.4, -0.2) is 29.9 Å². The monoisotopic (exact) mass is 344 g/mol. The number of carbonyl (C=O) groups is 3. The molecule has 3 rings (SSSR count). The highest BCUT2D eigenvalue weighted by molar-refractivity contribution is 6.08. The predicted molar refractivity (Wildman–Crippen MR) is 94.6 cm³/mol. The Morgan fingerprint density at radius 1 is 1.20 bits per heavy atom. The highest BCUT2D eigenvalue weighted by Gasteiger charge is 2.42. The maximum atomic E-state index is 12.6. The largest absolute Gasteiger partial charge is 0.481 e. The minimum atomic E-state index is -0.901. The first kappa shape index (κ1) is 17.5. The number of hydrogen-bond donors (Lipinski definition) is 2. The van der Waals surface area contributed by atoms with E-state index in [4.69, 9.17) is 0 Å². The van der Waals surface area contributed by atoms with Crippen LogP contribution in [0.5, 0.6) is 0 Å². The number of fused-ring (bicyclic) bond motifs is 1. The van der Waals surface area contributed by atoms with Crippen LogP contribution < -0.4 is 10.2 Å². The second-order valence-electron chi connectivity index (χ2n) is 7.55. The first-order valence-electron chi connectivity index (χ1n) is 8.70. The van der Waals surface area contributed by atoms with E-state index in [-0.39, 0.29) is 11.8 Å². The molecule has 0 bridgehead atoms. The lowest BCUT2D eigenvalue weighted by molar-refractivity contribution is -0.147.